The number of aliphatic carboxylic acids is 1. The van der Waals surface area contributed by atoms with Crippen LogP contribution in [-0.2, 0) is 21.9 Å². The molecule has 0 saturated heterocycles. The first-order valence-corrected chi connectivity index (χ1v) is 0.928. The van der Waals surface area contributed by atoms with E-state index in [0.717, 1.165) is 6.92 Å². The predicted octanol–water partition coefficient (Wildman–Crippen LogP) is -1.65. The summed E-state index contributed by atoms with van der Waals surface area (Å²) >= 11 is 0. The van der Waals surface area contributed by atoms with Crippen LogP contribution in [0.15, 0.2) is 0 Å². The zero-order valence-electron chi connectivity index (χ0n) is 3.23. The number of rotatable bonds is 0. The van der Waals surface area contributed by atoms with Crippen LogP contribution in [0.2, 0.25) is 0 Å². The van der Waals surface area contributed by atoms with Crippen molar-refractivity contribution >= 4 is 43.7 Å². The Morgan fingerprint density at radius 2 is 1.57 bits per heavy atom. The third-order valence-electron chi connectivity index (χ3n) is 0. The Kier molecular flexibility index (Phi) is 54.0. The molecule has 0 heterocycles. The summed E-state index contributed by atoms with van der Waals surface area (Å²) < 4.78 is 0. The second kappa shape index (κ2) is 15.7. The van der Waals surface area contributed by atoms with Crippen molar-refractivity contribution in [2.75, 3.05) is 0 Å². The van der Waals surface area contributed by atoms with Gasteiger partial charge in [-0.2, -0.15) is 0 Å². The van der Waals surface area contributed by atoms with E-state index in [4.69, 9.17) is 9.90 Å². The van der Waals surface area contributed by atoms with E-state index in [9.17, 15) is 0 Å². The minimum atomic E-state index is -0.833. The van der Waals surface area contributed by atoms with E-state index in [1.807, 2.05) is 0 Å². The molecular formula is C2H8CaMnO3. The molecule has 0 aliphatic carbocycles. The molecule has 3 nitrogen and oxygen atoms in total. The fourth-order valence-electron chi connectivity index (χ4n) is 0. The molecule has 5 heteroatoms. The molecule has 1 radical (unpaired) electrons. The number of carbonyl (C=O) groups is 1. The number of hydrogen-bond acceptors (Lipinski definition) is 1. The minimum absolute atomic E-state index is 0. The molecule has 0 spiro atoms. The van der Waals surface area contributed by atoms with Gasteiger partial charge in [0.1, 0.15) is 0 Å². The molecule has 0 aromatic heterocycles. The molecule has 0 bridgehead atoms. The molecule has 0 atom stereocenters. The Labute approximate surface area is 82.3 Å². The average molecular weight is 175 g/mol. The number of carboxylic acids is 1. The largest absolute Gasteiger partial charge is 0 e. The van der Waals surface area contributed by atoms with Crippen molar-refractivity contribution in [3.05, 3.63) is 0 Å². The van der Waals surface area contributed by atoms with Gasteiger partial charge in [-0.05, 0) is 0 Å². The molecule has 0 unspecified atom stereocenters. The topological polar surface area (TPSA) is 68.8 Å². The first-order valence-electron chi connectivity index (χ1n) is 0.928. The van der Waals surface area contributed by atoms with E-state index in [1.165, 1.54) is 0 Å². The van der Waals surface area contributed by atoms with Gasteiger partial charge in [-0.1, -0.05) is 0 Å². The molecule has 0 aromatic carbocycles. The van der Waals surface area contributed by atoms with Crippen LogP contribution in [0.5, 0.6) is 0 Å². The van der Waals surface area contributed by atoms with Gasteiger partial charge < -0.3 is 10.6 Å². The SMILES string of the molecule is CC(=O)O.O.[CaH2].[Mn]. The minimum Gasteiger partial charge on any atom is 0 e. The average Bonchev–Trinajstić information content (AvgIpc) is 0.811. The summed E-state index contributed by atoms with van der Waals surface area (Å²) in [4.78, 5) is 9.00. The van der Waals surface area contributed by atoms with Crippen molar-refractivity contribution < 1.29 is 32.4 Å². The summed E-state index contributed by atoms with van der Waals surface area (Å²) in [6.45, 7) is 1.08. The second-order valence-electron chi connectivity index (χ2n) is 0.519. The molecule has 0 fully saturated rings. The third kappa shape index (κ3) is 134. The fourth-order valence-corrected chi connectivity index (χ4v) is 0. The van der Waals surface area contributed by atoms with Crippen LogP contribution in [0.4, 0.5) is 0 Å². The van der Waals surface area contributed by atoms with Gasteiger partial charge >= 0.3 is 37.7 Å². The summed E-state index contributed by atoms with van der Waals surface area (Å²) in [6, 6.07) is 0. The molecule has 0 rings (SSSR count). The van der Waals surface area contributed by atoms with Crippen LogP contribution in [0.3, 0.4) is 0 Å². The van der Waals surface area contributed by atoms with Crippen LogP contribution in [0, 0.1) is 0 Å². The maximum Gasteiger partial charge on any atom is 0 e. The van der Waals surface area contributed by atoms with Gasteiger partial charge in [0.15, 0.2) is 0 Å². The monoisotopic (exact) mass is 175 g/mol. The van der Waals surface area contributed by atoms with Crippen molar-refractivity contribution in [1.82, 2.24) is 0 Å². The second-order valence-corrected chi connectivity index (χ2v) is 0.519. The Balaban J connectivity index is -0.0000000150. The Bertz CT molecular complexity index is 35.9. The molecule has 3 N–H and O–H groups in total. The summed E-state index contributed by atoms with van der Waals surface area (Å²) in [5, 5.41) is 7.42. The zero-order chi connectivity index (χ0) is 3.58. The molecule has 0 aliphatic rings. The molecule has 7 heavy (non-hydrogen) atoms. The summed E-state index contributed by atoms with van der Waals surface area (Å²) in [7, 11) is 0. The smallest absolute Gasteiger partial charge is 0 e. The summed E-state index contributed by atoms with van der Waals surface area (Å²) in [6.07, 6.45) is 0. The van der Waals surface area contributed by atoms with Crippen molar-refractivity contribution in [3.63, 3.8) is 0 Å². The Morgan fingerprint density at radius 3 is 1.57 bits per heavy atom. The van der Waals surface area contributed by atoms with E-state index < -0.39 is 5.97 Å². The standard InChI is InChI=1S/C2H4O2.Ca.Mn.H2O.2H/c1-2(3)4;;;;;/h1H3,(H,3,4);;;1H2;;. The predicted molar refractivity (Wildman–Crippen MR) is 25.5 cm³/mol. The maximum atomic E-state index is 9.00. The first kappa shape index (κ1) is 24.1. The first-order chi connectivity index (χ1) is 1.73. The number of hydrogen-bond donors (Lipinski definition) is 1. The molecule has 0 aromatic rings. The van der Waals surface area contributed by atoms with Crippen LogP contribution in [0.1, 0.15) is 6.92 Å². The van der Waals surface area contributed by atoms with Crippen molar-refractivity contribution in [3.8, 4) is 0 Å². The molecule has 0 saturated carbocycles. The van der Waals surface area contributed by atoms with E-state index in [1.54, 1.807) is 0 Å². The molecular weight excluding hydrogens is 167 g/mol. The van der Waals surface area contributed by atoms with E-state index >= 15 is 0 Å². The molecule has 0 amide bonds. The van der Waals surface area contributed by atoms with Crippen LogP contribution in [0.25, 0.3) is 0 Å². The van der Waals surface area contributed by atoms with Gasteiger partial charge in [0.2, 0.25) is 0 Å². The van der Waals surface area contributed by atoms with E-state index in [0.29, 0.717) is 0 Å². The van der Waals surface area contributed by atoms with Gasteiger partial charge in [-0.3, -0.25) is 4.79 Å². The van der Waals surface area contributed by atoms with Crippen LogP contribution >= 0.6 is 0 Å². The van der Waals surface area contributed by atoms with Gasteiger partial charge in [0.25, 0.3) is 5.97 Å². The normalized spacial score (nSPS) is 3.57. The third-order valence-corrected chi connectivity index (χ3v) is 0. The fraction of sp³-hybridized carbons (Fsp3) is 0.500. The van der Waals surface area contributed by atoms with Gasteiger partial charge in [0.05, 0.1) is 0 Å². The summed E-state index contributed by atoms with van der Waals surface area (Å²) in [5.74, 6) is -0.833. The van der Waals surface area contributed by atoms with E-state index in [-0.39, 0.29) is 60.3 Å². The van der Waals surface area contributed by atoms with Crippen LogP contribution < -0.4 is 0 Å². The van der Waals surface area contributed by atoms with Crippen molar-refractivity contribution in [2.45, 2.75) is 6.92 Å². The maximum absolute atomic E-state index is 9.00. The van der Waals surface area contributed by atoms with Gasteiger partial charge in [0, 0.05) is 24.0 Å². The van der Waals surface area contributed by atoms with Crippen molar-refractivity contribution in [1.29, 1.82) is 0 Å². The van der Waals surface area contributed by atoms with Gasteiger partial charge in [-0.25, -0.2) is 0 Å². The number of carboxylic acid groups (broad SMARTS) is 1. The Morgan fingerprint density at radius 1 is 1.57 bits per heavy atom. The quantitative estimate of drug-likeness (QED) is 0.448. The van der Waals surface area contributed by atoms with Crippen molar-refractivity contribution in [2.24, 2.45) is 0 Å². The van der Waals surface area contributed by atoms with Gasteiger partial charge in [-0.15, -0.1) is 0 Å². The Hall–Kier alpha value is 1.21. The zero-order valence-corrected chi connectivity index (χ0v) is 4.41. The molecule has 0 aliphatic heterocycles. The molecule has 43 valence electrons. The summed E-state index contributed by atoms with van der Waals surface area (Å²) in [5.41, 5.74) is 0. The van der Waals surface area contributed by atoms with Crippen LogP contribution in [-0.4, -0.2) is 54.3 Å². The van der Waals surface area contributed by atoms with E-state index in [2.05, 4.69) is 0 Å².